The first-order valence-corrected chi connectivity index (χ1v) is 6.58. The molecule has 0 fully saturated rings. The lowest BCUT2D eigenvalue weighted by molar-refractivity contribution is 0.368. The Kier molecular flexibility index (Phi) is 5.93. The molecule has 0 bridgehead atoms. The van der Waals surface area contributed by atoms with Crippen molar-refractivity contribution in [1.82, 2.24) is 5.32 Å². The molecule has 2 unspecified atom stereocenters. The molecular weight excluding hydrogens is 237 g/mol. The van der Waals surface area contributed by atoms with Crippen molar-refractivity contribution in [3.8, 4) is 0 Å². The van der Waals surface area contributed by atoms with Crippen LogP contribution in [-0.2, 0) is 6.42 Å². The van der Waals surface area contributed by atoms with Crippen LogP contribution in [0, 0.1) is 11.7 Å². The molecule has 1 aromatic rings. The van der Waals surface area contributed by atoms with E-state index in [1.54, 1.807) is 12.1 Å². The zero-order chi connectivity index (χ0) is 12.8. The highest BCUT2D eigenvalue weighted by Gasteiger charge is 2.17. The molecule has 0 saturated heterocycles. The SMILES string of the molecule is CCCC(C)C(Cc1cccc(Cl)c1F)NC. The highest BCUT2D eigenvalue weighted by atomic mass is 35.5. The number of hydrogen-bond donors (Lipinski definition) is 1. The van der Waals surface area contributed by atoms with E-state index in [-0.39, 0.29) is 10.8 Å². The Bertz CT molecular complexity index is 354. The van der Waals surface area contributed by atoms with Gasteiger partial charge in [-0.25, -0.2) is 4.39 Å². The molecule has 1 N–H and O–H groups in total. The fourth-order valence-corrected chi connectivity index (χ4v) is 2.38. The summed E-state index contributed by atoms with van der Waals surface area (Å²) in [7, 11) is 1.93. The zero-order valence-electron chi connectivity index (χ0n) is 10.8. The number of rotatable bonds is 6. The third-order valence-corrected chi connectivity index (χ3v) is 3.57. The Balaban J connectivity index is 2.77. The van der Waals surface area contributed by atoms with Gasteiger partial charge in [-0.15, -0.1) is 0 Å². The van der Waals surface area contributed by atoms with E-state index < -0.39 is 0 Å². The molecule has 0 aromatic heterocycles. The molecule has 0 amide bonds. The fraction of sp³-hybridized carbons (Fsp3) is 0.571. The summed E-state index contributed by atoms with van der Waals surface area (Å²) in [6.07, 6.45) is 2.98. The van der Waals surface area contributed by atoms with Gasteiger partial charge in [0.05, 0.1) is 5.02 Å². The average molecular weight is 258 g/mol. The summed E-state index contributed by atoms with van der Waals surface area (Å²) in [4.78, 5) is 0. The minimum atomic E-state index is -0.280. The van der Waals surface area contributed by atoms with Gasteiger partial charge in [-0.05, 0) is 37.4 Å². The molecule has 0 aliphatic heterocycles. The van der Waals surface area contributed by atoms with Crippen LogP contribution in [0.4, 0.5) is 4.39 Å². The first-order chi connectivity index (χ1) is 8.10. The number of benzene rings is 1. The summed E-state index contributed by atoms with van der Waals surface area (Å²) in [5, 5.41) is 3.48. The van der Waals surface area contributed by atoms with Crippen molar-refractivity contribution < 1.29 is 4.39 Å². The Morgan fingerprint density at radius 2 is 2.12 bits per heavy atom. The molecule has 1 aromatic carbocycles. The van der Waals surface area contributed by atoms with E-state index in [0.29, 0.717) is 23.9 Å². The molecule has 0 heterocycles. The minimum absolute atomic E-state index is 0.209. The largest absolute Gasteiger partial charge is 0.316 e. The molecular formula is C14H21ClFN. The highest BCUT2D eigenvalue weighted by Crippen LogP contribution is 2.21. The van der Waals surface area contributed by atoms with Crippen molar-refractivity contribution in [2.45, 2.75) is 39.2 Å². The van der Waals surface area contributed by atoms with Crippen LogP contribution < -0.4 is 5.32 Å². The molecule has 0 spiro atoms. The highest BCUT2D eigenvalue weighted by molar-refractivity contribution is 6.30. The lowest BCUT2D eigenvalue weighted by Crippen LogP contribution is -2.34. The van der Waals surface area contributed by atoms with Gasteiger partial charge in [0.1, 0.15) is 5.82 Å². The standard InChI is InChI=1S/C14H21ClFN/c1-4-6-10(2)13(17-3)9-11-7-5-8-12(15)14(11)16/h5,7-8,10,13,17H,4,6,9H2,1-3H3. The molecule has 1 rings (SSSR count). The van der Waals surface area contributed by atoms with Crippen molar-refractivity contribution in [1.29, 1.82) is 0 Å². The van der Waals surface area contributed by atoms with Gasteiger partial charge in [0, 0.05) is 6.04 Å². The van der Waals surface area contributed by atoms with Gasteiger partial charge >= 0.3 is 0 Å². The maximum Gasteiger partial charge on any atom is 0.145 e. The predicted octanol–water partition coefficient (Wildman–Crippen LogP) is 4.05. The van der Waals surface area contributed by atoms with Crippen LogP contribution in [0.5, 0.6) is 0 Å². The minimum Gasteiger partial charge on any atom is -0.316 e. The van der Waals surface area contributed by atoms with E-state index in [9.17, 15) is 4.39 Å². The van der Waals surface area contributed by atoms with Crippen LogP contribution in [0.25, 0.3) is 0 Å². The van der Waals surface area contributed by atoms with E-state index in [1.807, 2.05) is 13.1 Å². The monoisotopic (exact) mass is 257 g/mol. The molecule has 1 nitrogen and oxygen atoms in total. The smallest absolute Gasteiger partial charge is 0.145 e. The number of likely N-dealkylation sites (N-methyl/N-ethyl adjacent to an activating group) is 1. The summed E-state index contributed by atoms with van der Waals surface area (Å²) < 4.78 is 13.8. The molecule has 0 aliphatic carbocycles. The predicted molar refractivity (Wildman–Crippen MR) is 72.0 cm³/mol. The molecule has 0 radical (unpaired) electrons. The average Bonchev–Trinajstić information content (AvgIpc) is 2.31. The van der Waals surface area contributed by atoms with Crippen LogP contribution in [0.2, 0.25) is 5.02 Å². The van der Waals surface area contributed by atoms with Gasteiger partial charge in [-0.1, -0.05) is 44.0 Å². The molecule has 0 aliphatic rings. The van der Waals surface area contributed by atoms with Gasteiger partial charge in [-0.3, -0.25) is 0 Å². The second kappa shape index (κ2) is 6.97. The maximum atomic E-state index is 13.8. The summed E-state index contributed by atoms with van der Waals surface area (Å²) >= 11 is 5.79. The van der Waals surface area contributed by atoms with Crippen LogP contribution in [0.1, 0.15) is 32.3 Å². The van der Waals surface area contributed by atoms with E-state index in [2.05, 4.69) is 19.2 Å². The molecule has 96 valence electrons. The lowest BCUT2D eigenvalue weighted by Gasteiger charge is -2.23. The zero-order valence-corrected chi connectivity index (χ0v) is 11.5. The quantitative estimate of drug-likeness (QED) is 0.811. The van der Waals surface area contributed by atoms with E-state index in [0.717, 1.165) is 12.8 Å². The van der Waals surface area contributed by atoms with Crippen LogP contribution in [0.3, 0.4) is 0 Å². The Morgan fingerprint density at radius 1 is 1.41 bits per heavy atom. The van der Waals surface area contributed by atoms with E-state index in [4.69, 9.17) is 11.6 Å². The van der Waals surface area contributed by atoms with E-state index in [1.165, 1.54) is 0 Å². The molecule has 17 heavy (non-hydrogen) atoms. The Labute approximate surface area is 108 Å². The first kappa shape index (κ1) is 14.5. The van der Waals surface area contributed by atoms with Gasteiger partial charge in [0.2, 0.25) is 0 Å². The number of hydrogen-bond acceptors (Lipinski definition) is 1. The number of halogens is 2. The van der Waals surface area contributed by atoms with Crippen molar-refractivity contribution in [2.24, 2.45) is 5.92 Å². The van der Waals surface area contributed by atoms with Crippen LogP contribution in [0.15, 0.2) is 18.2 Å². The summed E-state index contributed by atoms with van der Waals surface area (Å²) in [6, 6.07) is 5.50. The summed E-state index contributed by atoms with van der Waals surface area (Å²) in [6.45, 7) is 4.37. The Morgan fingerprint density at radius 3 is 2.71 bits per heavy atom. The second-order valence-electron chi connectivity index (χ2n) is 4.58. The lowest BCUT2D eigenvalue weighted by atomic mass is 9.91. The maximum absolute atomic E-state index is 13.8. The van der Waals surface area contributed by atoms with E-state index >= 15 is 0 Å². The normalized spacial score (nSPS) is 14.6. The third kappa shape index (κ3) is 3.97. The van der Waals surface area contributed by atoms with Crippen LogP contribution in [-0.4, -0.2) is 13.1 Å². The van der Waals surface area contributed by atoms with Crippen molar-refractivity contribution in [2.75, 3.05) is 7.05 Å². The van der Waals surface area contributed by atoms with Crippen LogP contribution >= 0.6 is 11.6 Å². The fourth-order valence-electron chi connectivity index (χ4n) is 2.19. The molecule has 2 atom stereocenters. The molecule has 0 saturated carbocycles. The van der Waals surface area contributed by atoms with Crippen molar-refractivity contribution >= 4 is 11.6 Å². The van der Waals surface area contributed by atoms with Gasteiger partial charge in [0.15, 0.2) is 0 Å². The summed E-state index contributed by atoms with van der Waals surface area (Å²) in [5.41, 5.74) is 0.694. The number of nitrogens with one attached hydrogen (secondary N) is 1. The van der Waals surface area contributed by atoms with Crippen molar-refractivity contribution in [3.63, 3.8) is 0 Å². The molecule has 3 heteroatoms. The first-order valence-electron chi connectivity index (χ1n) is 6.20. The Hall–Kier alpha value is -0.600. The van der Waals surface area contributed by atoms with Gasteiger partial charge < -0.3 is 5.32 Å². The van der Waals surface area contributed by atoms with Crippen molar-refractivity contribution in [3.05, 3.63) is 34.6 Å². The van der Waals surface area contributed by atoms with Gasteiger partial charge in [-0.2, -0.15) is 0 Å². The topological polar surface area (TPSA) is 12.0 Å². The third-order valence-electron chi connectivity index (χ3n) is 3.27. The summed E-state index contributed by atoms with van der Waals surface area (Å²) in [5.74, 6) is 0.251. The second-order valence-corrected chi connectivity index (χ2v) is 4.99. The van der Waals surface area contributed by atoms with Gasteiger partial charge in [0.25, 0.3) is 0 Å².